The molecule has 0 atom stereocenters. The van der Waals surface area contributed by atoms with Crippen LogP contribution in [-0.2, 0) is 0 Å². The molecule has 2 rings (SSSR count). The lowest BCUT2D eigenvalue weighted by Gasteiger charge is -2.37. The highest BCUT2D eigenvalue weighted by atomic mass is 35.5. The molecule has 0 radical (unpaired) electrons. The SMILES string of the molecule is CCN(c1ccc(Cl)cc1C#N)C1CCC(N)CC1. The summed E-state index contributed by atoms with van der Waals surface area (Å²) in [6, 6.07) is 8.63. The van der Waals surface area contributed by atoms with Gasteiger partial charge in [-0.15, -0.1) is 0 Å². The Kier molecular flexibility index (Phi) is 4.68. The number of anilines is 1. The van der Waals surface area contributed by atoms with E-state index in [9.17, 15) is 5.26 Å². The lowest BCUT2D eigenvalue weighted by Crippen LogP contribution is -2.41. The van der Waals surface area contributed by atoms with Gasteiger partial charge in [-0.25, -0.2) is 0 Å². The average molecular weight is 278 g/mol. The summed E-state index contributed by atoms with van der Waals surface area (Å²) in [6.07, 6.45) is 4.33. The van der Waals surface area contributed by atoms with Crippen LogP contribution in [0.15, 0.2) is 18.2 Å². The Bertz CT molecular complexity index is 473. The standard InChI is InChI=1S/C15H20ClN3/c1-2-19(14-6-4-13(18)5-7-14)15-8-3-12(16)9-11(15)10-17/h3,8-9,13-14H,2,4-7,18H2,1H3. The van der Waals surface area contributed by atoms with Gasteiger partial charge in [0.05, 0.1) is 11.3 Å². The number of nitrogens with two attached hydrogens (primary N) is 1. The van der Waals surface area contributed by atoms with Crippen LogP contribution < -0.4 is 10.6 Å². The van der Waals surface area contributed by atoms with E-state index in [1.54, 1.807) is 6.07 Å². The summed E-state index contributed by atoms with van der Waals surface area (Å²) in [7, 11) is 0. The number of nitriles is 1. The fraction of sp³-hybridized carbons (Fsp3) is 0.533. The van der Waals surface area contributed by atoms with Gasteiger partial charge in [0.25, 0.3) is 0 Å². The molecular formula is C15H20ClN3. The molecule has 19 heavy (non-hydrogen) atoms. The lowest BCUT2D eigenvalue weighted by atomic mass is 9.90. The zero-order valence-corrected chi connectivity index (χ0v) is 12.0. The smallest absolute Gasteiger partial charge is 0.101 e. The molecule has 4 heteroatoms. The largest absolute Gasteiger partial charge is 0.368 e. The maximum absolute atomic E-state index is 9.27. The highest BCUT2D eigenvalue weighted by Gasteiger charge is 2.25. The number of rotatable bonds is 3. The van der Waals surface area contributed by atoms with Crippen molar-refractivity contribution in [2.45, 2.75) is 44.7 Å². The Hall–Kier alpha value is -1.24. The normalized spacial score (nSPS) is 22.8. The molecule has 3 nitrogen and oxygen atoms in total. The monoisotopic (exact) mass is 277 g/mol. The predicted molar refractivity (Wildman–Crippen MR) is 79.4 cm³/mol. The molecule has 102 valence electrons. The molecule has 1 fully saturated rings. The van der Waals surface area contributed by atoms with Gasteiger partial charge in [0, 0.05) is 23.7 Å². The van der Waals surface area contributed by atoms with E-state index < -0.39 is 0 Å². The minimum atomic E-state index is 0.343. The highest BCUT2D eigenvalue weighted by molar-refractivity contribution is 6.30. The summed E-state index contributed by atoms with van der Waals surface area (Å²) >= 11 is 5.96. The number of nitrogens with zero attached hydrogens (tertiary/aromatic N) is 2. The minimum absolute atomic E-state index is 0.343. The predicted octanol–water partition coefficient (Wildman–Crippen LogP) is 3.31. The maximum Gasteiger partial charge on any atom is 0.101 e. The third kappa shape index (κ3) is 3.20. The molecule has 0 aliphatic heterocycles. The molecule has 1 aromatic carbocycles. The van der Waals surface area contributed by atoms with Crippen molar-refractivity contribution >= 4 is 17.3 Å². The first-order valence-corrected chi connectivity index (χ1v) is 7.25. The van der Waals surface area contributed by atoms with E-state index in [-0.39, 0.29) is 0 Å². The Morgan fingerprint density at radius 2 is 2.05 bits per heavy atom. The van der Waals surface area contributed by atoms with Gasteiger partial charge in [-0.1, -0.05) is 11.6 Å². The Balaban J connectivity index is 2.25. The van der Waals surface area contributed by atoms with Crippen molar-refractivity contribution in [2.75, 3.05) is 11.4 Å². The summed E-state index contributed by atoms with van der Waals surface area (Å²) in [6.45, 7) is 3.03. The molecule has 0 heterocycles. The average Bonchev–Trinajstić information content (AvgIpc) is 2.43. The van der Waals surface area contributed by atoms with E-state index in [4.69, 9.17) is 17.3 Å². The van der Waals surface area contributed by atoms with Crippen LogP contribution >= 0.6 is 11.6 Å². The quantitative estimate of drug-likeness (QED) is 0.922. The summed E-state index contributed by atoms with van der Waals surface area (Å²) in [5.74, 6) is 0. The Labute approximate surface area is 120 Å². The number of hydrogen-bond donors (Lipinski definition) is 1. The van der Waals surface area contributed by atoms with Crippen LogP contribution in [0.4, 0.5) is 5.69 Å². The van der Waals surface area contributed by atoms with Gasteiger partial charge in [0.1, 0.15) is 6.07 Å². The van der Waals surface area contributed by atoms with Gasteiger partial charge in [-0.05, 0) is 50.8 Å². The lowest BCUT2D eigenvalue weighted by molar-refractivity contribution is 0.378. The van der Waals surface area contributed by atoms with E-state index in [0.717, 1.165) is 37.9 Å². The molecule has 1 saturated carbocycles. The third-order valence-corrected chi connectivity index (χ3v) is 4.15. The molecule has 1 aliphatic carbocycles. The second-order valence-corrected chi connectivity index (χ2v) is 5.56. The van der Waals surface area contributed by atoms with Crippen molar-refractivity contribution < 1.29 is 0 Å². The maximum atomic E-state index is 9.27. The number of benzene rings is 1. The summed E-state index contributed by atoms with van der Waals surface area (Å²) < 4.78 is 0. The van der Waals surface area contributed by atoms with Crippen LogP contribution in [0.2, 0.25) is 5.02 Å². The first-order valence-electron chi connectivity index (χ1n) is 6.87. The molecule has 1 aliphatic rings. The van der Waals surface area contributed by atoms with Crippen LogP contribution in [-0.4, -0.2) is 18.6 Å². The van der Waals surface area contributed by atoms with Crippen LogP contribution in [0.5, 0.6) is 0 Å². The van der Waals surface area contributed by atoms with Gasteiger partial charge in [0.2, 0.25) is 0 Å². The highest BCUT2D eigenvalue weighted by Crippen LogP contribution is 2.30. The van der Waals surface area contributed by atoms with Crippen LogP contribution in [0.3, 0.4) is 0 Å². The number of hydrogen-bond acceptors (Lipinski definition) is 3. The van der Waals surface area contributed by atoms with E-state index in [2.05, 4.69) is 17.9 Å². The van der Waals surface area contributed by atoms with Gasteiger partial charge in [-0.3, -0.25) is 0 Å². The molecule has 0 aromatic heterocycles. The zero-order valence-electron chi connectivity index (χ0n) is 11.3. The minimum Gasteiger partial charge on any atom is -0.368 e. The summed E-state index contributed by atoms with van der Waals surface area (Å²) in [5.41, 5.74) is 7.62. The summed E-state index contributed by atoms with van der Waals surface area (Å²) in [4.78, 5) is 2.32. The van der Waals surface area contributed by atoms with Gasteiger partial charge < -0.3 is 10.6 Å². The molecule has 0 amide bonds. The second-order valence-electron chi connectivity index (χ2n) is 5.13. The molecule has 0 saturated heterocycles. The van der Waals surface area contributed by atoms with E-state index in [0.29, 0.717) is 22.7 Å². The van der Waals surface area contributed by atoms with E-state index in [1.165, 1.54) is 0 Å². The van der Waals surface area contributed by atoms with E-state index in [1.807, 2.05) is 12.1 Å². The number of halogens is 1. The molecule has 0 spiro atoms. The van der Waals surface area contributed by atoms with Crippen molar-refractivity contribution in [1.29, 1.82) is 5.26 Å². The summed E-state index contributed by atoms with van der Waals surface area (Å²) in [5, 5.41) is 9.89. The second kappa shape index (κ2) is 6.27. The van der Waals surface area contributed by atoms with Crippen molar-refractivity contribution in [3.05, 3.63) is 28.8 Å². The fourth-order valence-corrected chi connectivity index (χ4v) is 3.06. The van der Waals surface area contributed by atoms with Gasteiger partial charge in [-0.2, -0.15) is 5.26 Å². The van der Waals surface area contributed by atoms with Crippen molar-refractivity contribution in [3.8, 4) is 6.07 Å². The van der Waals surface area contributed by atoms with Crippen molar-refractivity contribution in [1.82, 2.24) is 0 Å². The zero-order chi connectivity index (χ0) is 13.8. The van der Waals surface area contributed by atoms with Crippen LogP contribution in [0, 0.1) is 11.3 Å². The topological polar surface area (TPSA) is 53.0 Å². The molecular weight excluding hydrogens is 258 g/mol. The van der Waals surface area contributed by atoms with Crippen LogP contribution in [0.25, 0.3) is 0 Å². The van der Waals surface area contributed by atoms with Crippen molar-refractivity contribution in [3.63, 3.8) is 0 Å². The first-order chi connectivity index (χ1) is 9.15. The van der Waals surface area contributed by atoms with Gasteiger partial charge >= 0.3 is 0 Å². The van der Waals surface area contributed by atoms with Crippen molar-refractivity contribution in [2.24, 2.45) is 5.73 Å². The molecule has 0 unspecified atom stereocenters. The van der Waals surface area contributed by atoms with E-state index >= 15 is 0 Å². The van der Waals surface area contributed by atoms with Gasteiger partial charge in [0.15, 0.2) is 0 Å². The molecule has 2 N–H and O–H groups in total. The fourth-order valence-electron chi connectivity index (χ4n) is 2.89. The molecule has 1 aromatic rings. The first kappa shape index (κ1) is 14.2. The Morgan fingerprint density at radius 1 is 1.37 bits per heavy atom. The van der Waals surface area contributed by atoms with Crippen LogP contribution in [0.1, 0.15) is 38.2 Å². The molecule has 0 bridgehead atoms. The third-order valence-electron chi connectivity index (χ3n) is 3.91. The Morgan fingerprint density at radius 3 is 2.63 bits per heavy atom.